The Morgan fingerprint density at radius 3 is 3.04 bits per heavy atom. The number of benzene rings is 2. The van der Waals surface area contributed by atoms with Crippen LogP contribution >= 0.6 is 11.8 Å². The summed E-state index contributed by atoms with van der Waals surface area (Å²) in [5.74, 6) is 3.11. The second kappa shape index (κ2) is 6.71. The highest BCUT2D eigenvalue weighted by Gasteiger charge is 2.42. The van der Waals surface area contributed by atoms with E-state index in [1.165, 1.54) is 0 Å². The van der Waals surface area contributed by atoms with Crippen LogP contribution in [0.15, 0.2) is 59.7 Å². The molecule has 2 unspecified atom stereocenters. The van der Waals surface area contributed by atoms with Crippen LogP contribution in [0, 0.1) is 5.92 Å². The zero-order valence-electron chi connectivity index (χ0n) is 15.7. The zero-order valence-corrected chi connectivity index (χ0v) is 16.5. The van der Waals surface area contributed by atoms with Gasteiger partial charge in [0.25, 0.3) is 0 Å². The van der Waals surface area contributed by atoms with Crippen LogP contribution in [0.4, 0.5) is 11.5 Å². The van der Waals surface area contributed by atoms with Crippen molar-refractivity contribution >= 4 is 39.2 Å². The molecule has 0 amide bonds. The minimum atomic E-state index is -0.370. The van der Waals surface area contributed by atoms with Crippen LogP contribution in [-0.2, 0) is 5.54 Å². The van der Waals surface area contributed by atoms with Gasteiger partial charge in [0.05, 0.1) is 12.1 Å². The second-order valence-electron chi connectivity index (χ2n) is 7.46. The molecule has 3 aromatic rings. The van der Waals surface area contributed by atoms with Gasteiger partial charge in [0, 0.05) is 34.5 Å². The fourth-order valence-electron chi connectivity index (χ4n) is 4.14. The Balaban J connectivity index is 1.58. The van der Waals surface area contributed by atoms with Gasteiger partial charge in [-0.3, -0.25) is 4.99 Å². The Hall–Kier alpha value is -2.73. The zero-order chi connectivity index (χ0) is 19.1. The van der Waals surface area contributed by atoms with Crippen molar-refractivity contribution in [3.8, 4) is 5.75 Å². The smallest absolute Gasteiger partial charge is 0.154 e. The fourth-order valence-corrected chi connectivity index (χ4v) is 5.26. The van der Waals surface area contributed by atoms with Crippen LogP contribution in [-0.4, -0.2) is 22.5 Å². The predicted molar refractivity (Wildman–Crippen MR) is 117 cm³/mol. The number of fused-ring (bicyclic) bond motifs is 4. The first-order valence-corrected chi connectivity index (χ1v) is 10.5. The van der Waals surface area contributed by atoms with E-state index in [4.69, 9.17) is 15.5 Å². The van der Waals surface area contributed by atoms with E-state index in [0.29, 0.717) is 17.7 Å². The molecular formula is C22H22N4OS. The van der Waals surface area contributed by atoms with Crippen LogP contribution < -0.4 is 15.8 Å². The number of hydrogen-bond acceptors (Lipinski definition) is 6. The van der Waals surface area contributed by atoms with Crippen LogP contribution in [0.2, 0.25) is 0 Å². The number of pyridine rings is 1. The highest BCUT2D eigenvalue weighted by Crippen LogP contribution is 2.47. The molecule has 5 nitrogen and oxygen atoms in total. The molecule has 0 aliphatic carbocycles. The van der Waals surface area contributed by atoms with Crippen molar-refractivity contribution in [2.75, 3.05) is 17.7 Å². The topological polar surface area (TPSA) is 72.5 Å². The molecule has 3 heterocycles. The van der Waals surface area contributed by atoms with Gasteiger partial charge >= 0.3 is 0 Å². The summed E-state index contributed by atoms with van der Waals surface area (Å²) < 4.78 is 6.05. The molecule has 1 aromatic heterocycles. The van der Waals surface area contributed by atoms with Crippen molar-refractivity contribution in [3.05, 3.63) is 60.3 Å². The van der Waals surface area contributed by atoms with Gasteiger partial charge < -0.3 is 15.8 Å². The Bertz CT molecular complexity index is 1080. The Labute approximate surface area is 168 Å². The average molecular weight is 391 g/mol. The van der Waals surface area contributed by atoms with E-state index >= 15 is 0 Å². The number of ether oxygens (including phenoxy) is 1. The van der Waals surface area contributed by atoms with Crippen molar-refractivity contribution in [1.82, 2.24) is 4.98 Å². The van der Waals surface area contributed by atoms with Gasteiger partial charge in [0.15, 0.2) is 5.17 Å². The van der Waals surface area contributed by atoms with Crippen LogP contribution in [0.25, 0.3) is 10.8 Å². The Morgan fingerprint density at radius 2 is 2.11 bits per heavy atom. The van der Waals surface area contributed by atoms with E-state index in [1.807, 2.05) is 36.5 Å². The molecule has 0 bridgehead atoms. The number of nitrogens with two attached hydrogens (primary N) is 1. The standard InChI is InChI=1S/C22H22N4OS/c1-22-15(13-28-21(23)26-22)9-11-27-19-7-6-16(12-18(19)22)25-20-17-5-3-2-4-14(17)8-10-24-20/h2-8,10,12,15H,9,11,13H2,1H3,(H2,23,26)(H,24,25). The molecule has 0 saturated heterocycles. The molecule has 6 heteroatoms. The van der Waals surface area contributed by atoms with E-state index in [-0.39, 0.29) is 5.54 Å². The summed E-state index contributed by atoms with van der Waals surface area (Å²) in [5, 5.41) is 6.40. The molecule has 0 fully saturated rings. The molecule has 28 heavy (non-hydrogen) atoms. The number of anilines is 2. The maximum atomic E-state index is 6.11. The third-order valence-corrected chi connectivity index (χ3v) is 6.71. The van der Waals surface area contributed by atoms with Crippen LogP contribution in [0.3, 0.4) is 0 Å². The predicted octanol–water partition coefficient (Wildman–Crippen LogP) is 4.65. The number of aromatic nitrogens is 1. The summed E-state index contributed by atoms with van der Waals surface area (Å²) in [4.78, 5) is 9.42. The number of hydrogen-bond donors (Lipinski definition) is 2. The lowest BCUT2D eigenvalue weighted by molar-refractivity contribution is 0.271. The van der Waals surface area contributed by atoms with Crippen molar-refractivity contribution in [2.24, 2.45) is 16.6 Å². The summed E-state index contributed by atoms with van der Waals surface area (Å²) in [6.45, 7) is 2.89. The molecule has 2 aliphatic heterocycles. The normalized spacial score (nSPS) is 23.8. The quantitative estimate of drug-likeness (QED) is 0.666. The molecule has 2 aromatic carbocycles. The summed E-state index contributed by atoms with van der Waals surface area (Å²) >= 11 is 1.64. The fraction of sp³-hybridized carbons (Fsp3) is 0.273. The van der Waals surface area contributed by atoms with E-state index in [1.54, 1.807) is 11.8 Å². The lowest BCUT2D eigenvalue weighted by atomic mass is 9.79. The first-order valence-electron chi connectivity index (χ1n) is 9.50. The average Bonchev–Trinajstić information content (AvgIpc) is 2.84. The third-order valence-electron chi connectivity index (χ3n) is 5.75. The minimum absolute atomic E-state index is 0.370. The van der Waals surface area contributed by atoms with Gasteiger partial charge in [-0.1, -0.05) is 36.0 Å². The van der Waals surface area contributed by atoms with Crippen molar-refractivity contribution < 1.29 is 4.74 Å². The number of amidine groups is 1. The first-order chi connectivity index (χ1) is 13.6. The summed E-state index contributed by atoms with van der Waals surface area (Å²) in [6.07, 6.45) is 2.81. The Kier molecular flexibility index (Phi) is 4.16. The van der Waals surface area contributed by atoms with Gasteiger partial charge in [-0.2, -0.15) is 0 Å². The summed E-state index contributed by atoms with van der Waals surface area (Å²) in [7, 11) is 0. The first kappa shape index (κ1) is 17.4. The minimum Gasteiger partial charge on any atom is -0.493 e. The number of aliphatic imine (C=N–C) groups is 1. The van der Waals surface area contributed by atoms with Gasteiger partial charge in [0.2, 0.25) is 0 Å². The van der Waals surface area contributed by atoms with Gasteiger partial charge in [-0.15, -0.1) is 0 Å². The number of thioether (sulfide) groups is 1. The summed E-state index contributed by atoms with van der Waals surface area (Å²) in [5.41, 5.74) is 7.79. The molecule has 3 N–H and O–H groups in total. The molecule has 5 rings (SSSR count). The molecule has 0 saturated carbocycles. The second-order valence-corrected chi connectivity index (χ2v) is 8.50. The molecule has 2 aliphatic rings. The van der Waals surface area contributed by atoms with Gasteiger partial charge in [0.1, 0.15) is 11.6 Å². The summed E-state index contributed by atoms with van der Waals surface area (Å²) in [6, 6.07) is 16.5. The maximum absolute atomic E-state index is 6.11. The van der Waals surface area contributed by atoms with Gasteiger partial charge in [-0.25, -0.2) is 4.98 Å². The largest absolute Gasteiger partial charge is 0.493 e. The van der Waals surface area contributed by atoms with E-state index in [9.17, 15) is 0 Å². The lowest BCUT2D eigenvalue weighted by Crippen LogP contribution is -2.37. The molecule has 0 spiro atoms. The molecular weight excluding hydrogens is 368 g/mol. The Morgan fingerprint density at radius 1 is 1.21 bits per heavy atom. The van der Waals surface area contributed by atoms with Crippen LogP contribution in [0.5, 0.6) is 5.75 Å². The number of rotatable bonds is 2. The number of nitrogens with zero attached hydrogens (tertiary/aromatic N) is 2. The molecule has 2 atom stereocenters. The lowest BCUT2D eigenvalue weighted by Gasteiger charge is -2.36. The SMILES string of the molecule is CC12N=C(N)SCC1CCOc1ccc(Nc3nccc4ccccc34)cc12. The molecule has 0 radical (unpaired) electrons. The highest BCUT2D eigenvalue weighted by atomic mass is 32.2. The van der Waals surface area contributed by atoms with Crippen molar-refractivity contribution in [3.63, 3.8) is 0 Å². The van der Waals surface area contributed by atoms with Crippen molar-refractivity contribution in [2.45, 2.75) is 18.9 Å². The van der Waals surface area contributed by atoms with Crippen molar-refractivity contribution in [1.29, 1.82) is 0 Å². The number of nitrogens with one attached hydrogen (secondary N) is 1. The van der Waals surface area contributed by atoms with E-state index in [0.717, 1.165) is 45.8 Å². The van der Waals surface area contributed by atoms with Crippen LogP contribution in [0.1, 0.15) is 18.9 Å². The monoisotopic (exact) mass is 390 g/mol. The highest BCUT2D eigenvalue weighted by molar-refractivity contribution is 8.13. The van der Waals surface area contributed by atoms with E-state index < -0.39 is 0 Å². The third kappa shape index (κ3) is 2.88. The molecule has 142 valence electrons. The van der Waals surface area contributed by atoms with Gasteiger partial charge in [-0.05, 0) is 43.0 Å². The maximum Gasteiger partial charge on any atom is 0.154 e. The van der Waals surface area contributed by atoms with E-state index in [2.05, 4.69) is 35.4 Å².